The van der Waals surface area contributed by atoms with Gasteiger partial charge in [-0.2, -0.15) is 4.31 Å². The lowest BCUT2D eigenvalue weighted by atomic mass is 9.91. The highest BCUT2D eigenvalue weighted by Gasteiger charge is 2.64. The van der Waals surface area contributed by atoms with Gasteiger partial charge in [0.15, 0.2) is 50.3 Å². The maximum absolute atomic E-state index is 14.1. The molecule has 0 aromatic carbocycles. The summed E-state index contributed by atoms with van der Waals surface area (Å²) >= 11 is 0. The van der Waals surface area contributed by atoms with E-state index in [2.05, 4.69) is 14.2 Å². The third-order valence-electron chi connectivity index (χ3n) is 21.7. The first-order chi connectivity index (χ1) is 59.9. The molecule has 65 heteroatoms. The summed E-state index contributed by atoms with van der Waals surface area (Å²) in [5.41, 5.74) is 5.34. The number of aliphatic carboxylic acids is 1. The molecule has 9 fully saturated rings. The van der Waals surface area contributed by atoms with E-state index in [1.807, 2.05) is 0 Å². The molecule has 0 aliphatic carbocycles. The molecule has 37 N–H and O–H groups in total. The van der Waals surface area contributed by atoms with Crippen molar-refractivity contribution in [3.63, 3.8) is 0 Å². The maximum Gasteiger partial charge on any atom is 0.481 e. The van der Waals surface area contributed by atoms with E-state index in [9.17, 15) is 196 Å². The summed E-state index contributed by atoms with van der Waals surface area (Å²) in [6, 6.07) is -1.88. The van der Waals surface area contributed by atoms with Crippen molar-refractivity contribution in [3.05, 3.63) is 0 Å². The first-order valence-corrected chi connectivity index (χ1v) is 43.4. The van der Waals surface area contributed by atoms with Crippen LogP contribution in [-0.4, -0.2) is 551 Å². The average molecular weight is 1950 g/mol. The van der Waals surface area contributed by atoms with E-state index in [1.165, 1.54) is 0 Å². The van der Waals surface area contributed by atoms with E-state index >= 15 is 0 Å². The van der Waals surface area contributed by atoms with Crippen LogP contribution >= 0.6 is 23.5 Å². The van der Waals surface area contributed by atoms with E-state index in [0.717, 1.165) is 6.92 Å². The molecule has 50 atom stereocenters. The number of carbonyl (C=O) groups is 2. The summed E-state index contributed by atoms with van der Waals surface area (Å²) in [5.74, 6) is -6.67. The second-order valence-corrected chi connectivity index (χ2v) is 34.9. The quantitative estimate of drug-likeness (QED) is 0.0253. The van der Waals surface area contributed by atoms with Gasteiger partial charge in [0.05, 0.1) is 72.2 Å². The van der Waals surface area contributed by atoms with Crippen LogP contribution in [0.15, 0.2) is 0 Å². The lowest BCUT2D eigenvalue weighted by molar-refractivity contribution is -0.409. The van der Waals surface area contributed by atoms with Crippen molar-refractivity contribution in [2.24, 2.45) is 5.73 Å². The summed E-state index contributed by atoms with van der Waals surface area (Å²) in [5, 5.41) is 336. The Morgan fingerprint density at radius 3 is 1.28 bits per heavy atom. The molecule has 0 saturated carbocycles. The maximum atomic E-state index is 14.1. The number of carbonyl (C=O) groups excluding carboxylic acids is 1. The SMILES string of the molecule is CC(=O)N[C@H]1[C@@H](O[C@H]2[C@@H](O[C@H]3[C@@H](O[C@H]4[C@H](O)[C@@H](CO[C@H]5O[C@H](CO)[C@H](O)[C@H](O)[C@H]5O)OC(O[C@H]5C(OP(=O)(O)O)[C@@H]([C@@H](O)COC6O[C@H]([C@@H](O)CO)[C@@H](O)[C@H](O)[C@@H]6O)O[C@H](O[C@@H]6[C@H](O)[C@@H](O[C@H]7[C@@H]([C@H](O)CO)O[C@@](O)(C(=O)O)C[C@H]7O)O[C@H]([C@@H](O)CO)[C@H]6OP(=O)(O)OP(=O)(O)OCCN)[C@H]5O)[C@@H]4O)O[C@H](CO)[C@H](O)[C@@H]3O)O[C@H](CO)[C@@H](O)[C@@H]2O)O[C@H](CO)[C@@H](O)[C@@H]1O. The summed E-state index contributed by atoms with van der Waals surface area (Å²) in [6.45, 7) is -12.9. The minimum Gasteiger partial charge on any atom is -0.477 e. The van der Waals surface area contributed by atoms with Gasteiger partial charge in [0.2, 0.25) is 5.91 Å². The van der Waals surface area contributed by atoms with E-state index in [4.69, 9.17) is 95.3 Å². The number of rotatable bonds is 40. The Hall–Kier alpha value is -2.57. The fraction of sp³-hybridized carbons (Fsp3) is 0.968. The molecular formula is C63H111N2O60P3. The molecule has 9 heterocycles. The van der Waals surface area contributed by atoms with Gasteiger partial charge < -0.3 is 264 Å². The largest absolute Gasteiger partial charge is 0.481 e. The lowest BCUT2D eigenvalue weighted by Crippen LogP contribution is -2.70. The number of aliphatic hydroxyl groups excluding tert-OH is 28. The Morgan fingerprint density at radius 1 is 0.406 bits per heavy atom. The van der Waals surface area contributed by atoms with Gasteiger partial charge in [0.1, 0.15) is 232 Å². The zero-order chi connectivity index (χ0) is 95.3. The van der Waals surface area contributed by atoms with Gasteiger partial charge in [0, 0.05) is 19.9 Å². The third-order valence-corrected chi connectivity index (χ3v) is 24.9. The van der Waals surface area contributed by atoms with Gasteiger partial charge >= 0.3 is 29.4 Å². The Labute approximate surface area is 719 Å². The van der Waals surface area contributed by atoms with Crippen molar-refractivity contribution in [2.45, 2.75) is 307 Å². The molecule has 0 aromatic rings. The van der Waals surface area contributed by atoms with Crippen LogP contribution in [0.5, 0.6) is 0 Å². The monoisotopic (exact) mass is 1950 g/mol. The number of phosphoric acid groups is 3. The van der Waals surface area contributed by atoms with E-state index in [1.54, 1.807) is 0 Å². The van der Waals surface area contributed by atoms with E-state index in [0.29, 0.717) is 0 Å². The summed E-state index contributed by atoms with van der Waals surface area (Å²) in [6.07, 6.45) is -119. The van der Waals surface area contributed by atoms with Gasteiger partial charge in [0.25, 0.3) is 5.79 Å². The van der Waals surface area contributed by atoms with Crippen molar-refractivity contribution in [2.75, 3.05) is 72.6 Å². The zero-order valence-corrected chi connectivity index (χ0v) is 69.0. The topological polar surface area (TPSA) is 1010 Å². The van der Waals surface area contributed by atoms with Crippen molar-refractivity contribution >= 4 is 35.3 Å². The number of carboxylic acids is 1. The standard InChI is InChI=1S/C63H111N2O60P3/c1-14(73)65-25-31(84)26(79)20(8-69)108-54(25)120-50-34(87)28(81)23(11-72)111-61(50)121-51-35(88)29(82)22(10-71)110-60(51)117-47-30(83)24(13-106-55-37(90)32(85)27(80)21(9-70)109-55)112-57(39(47)92)118-48-40(93)59(116-45(52(48)123-126(98,99)100)19(78)12-105-56-38(91)33(86)36(89)42(113-56)16(75)5-66)119-49-41(94)58(114-43-15(74)4-63(97,62(95)96)122-46(43)18(77)7-68)115-44(17(76)6-67)53(49)124-128(103,104)125-127(101,102)107-3-2-64/h15-61,66-72,74-94,97H,2-13,64H2,1H3,(H,65,73)(H,95,96)(H,101,102)(H,103,104)(H2,98,99,100)/t15-,16+,17+,18-,19+,20-,21-,22-,23-,24-,25-,26-,27+,28-,29+,30-,31-,32+,33+,34+,35+,36+,37-,38+,39-,40+,41+,42-,43-,44-,45-,46-,47+,48-,49-,50-,51-,52?,53-,54-,55+,56?,57?,58+,59-,60-,61-,63-/m1/s1. The van der Waals surface area contributed by atoms with Crippen LogP contribution in [0, 0.1) is 0 Å². The Bertz CT molecular complexity index is 3600. The first-order valence-electron chi connectivity index (χ1n) is 38.9. The highest BCUT2D eigenvalue weighted by Crippen LogP contribution is 2.62. The predicted octanol–water partition coefficient (Wildman–Crippen LogP) is -22.2. The van der Waals surface area contributed by atoms with Crippen LogP contribution in [0.4, 0.5) is 0 Å². The Morgan fingerprint density at radius 2 is 0.797 bits per heavy atom. The van der Waals surface area contributed by atoms with Gasteiger partial charge in [-0.3, -0.25) is 18.4 Å². The molecule has 0 aromatic heterocycles. The molecule has 9 aliphatic heterocycles. The number of ether oxygens (including phenoxy) is 17. The van der Waals surface area contributed by atoms with Crippen LogP contribution in [0.2, 0.25) is 0 Å². The highest BCUT2D eigenvalue weighted by atomic mass is 31.3. The van der Waals surface area contributed by atoms with Crippen LogP contribution < -0.4 is 11.1 Å². The molecule has 1 amide bonds. The van der Waals surface area contributed by atoms with Crippen LogP contribution in [0.25, 0.3) is 0 Å². The average Bonchev–Trinajstić information content (AvgIpc) is 0.751. The van der Waals surface area contributed by atoms with Crippen LogP contribution in [0.1, 0.15) is 13.3 Å². The molecule has 0 bridgehead atoms. The van der Waals surface area contributed by atoms with E-state index in [-0.39, 0.29) is 0 Å². The number of amides is 1. The minimum atomic E-state index is -6.58. The molecule has 9 rings (SSSR count). The number of aliphatic hydroxyl groups is 29. The number of hydrogen-bond donors (Lipinski definition) is 36. The zero-order valence-electron chi connectivity index (χ0n) is 66.4. The number of nitrogens with two attached hydrogens (primary N) is 1. The molecule has 748 valence electrons. The molecule has 9 saturated heterocycles. The van der Waals surface area contributed by atoms with Crippen LogP contribution in [-0.2, 0) is 122 Å². The highest BCUT2D eigenvalue weighted by molar-refractivity contribution is 7.61. The van der Waals surface area contributed by atoms with Gasteiger partial charge in [-0.1, -0.05) is 0 Å². The lowest BCUT2D eigenvalue weighted by Gasteiger charge is -2.52. The third kappa shape index (κ3) is 25.3. The van der Waals surface area contributed by atoms with Gasteiger partial charge in [-0.05, 0) is 0 Å². The molecule has 9 aliphatic rings. The molecule has 0 radical (unpaired) electrons. The number of carboxylic acid groups (broad SMARTS) is 1. The van der Waals surface area contributed by atoms with Gasteiger partial charge in [-0.25, -0.2) is 18.5 Å². The van der Waals surface area contributed by atoms with Crippen LogP contribution in [0.3, 0.4) is 0 Å². The second-order valence-electron chi connectivity index (χ2n) is 30.7. The van der Waals surface area contributed by atoms with E-state index < -0.39 is 408 Å². The first kappa shape index (κ1) is 109. The number of phosphoric ester groups is 3. The second kappa shape index (κ2) is 46.3. The Kier molecular flexibility index (Phi) is 39.4. The number of nitrogens with one attached hydrogen (secondary N) is 1. The molecule has 62 nitrogen and oxygen atoms in total. The molecule has 5 unspecified atom stereocenters. The summed E-state index contributed by atoms with van der Waals surface area (Å²) < 4.78 is 158. The van der Waals surface area contributed by atoms with Gasteiger partial charge in [-0.15, -0.1) is 0 Å². The fourth-order valence-corrected chi connectivity index (χ4v) is 17.9. The molecule has 0 spiro atoms. The van der Waals surface area contributed by atoms with Crippen molar-refractivity contribution in [1.29, 1.82) is 0 Å². The normalized spacial score (nSPS) is 46.6. The fourth-order valence-electron chi connectivity index (χ4n) is 15.1. The Balaban J connectivity index is 1.19. The molecule has 128 heavy (non-hydrogen) atoms. The molecular weight excluding hydrogens is 1840 g/mol. The number of hydrogen-bond acceptors (Lipinski definition) is 56. The summed E-state index contributed by atoms with van der Waals surface area (Å²) in [4.78, 5) is 68.2. The predicted molar refractivity (Wildman–Crippen MR) is 383 cm³/mol. The van der Waals surface area contributed by atoms with Crippen molar-refractivity contribution < 1.29 is 294 Å². The van der Waals surface area contributed by atoms with Crippen molar-refractivity contribution in [3.8, 4) is 0 Å². The minimum absolute atomic E-state index is 0.615. The summed E-state index contributed by atoms with van der Waals surface area (Å²) in [7, 11) is -19.0. The van der Waals surface area contributed by atoms with Crippen molar-refractivity contribution in [1.82, 2.24) is 5.32 Å². The smallest absolute Gasteiger partial charge is 0.477 e.